The van der Waals surface area contributed by atoms with Crippen molar-refractivity contribution in [3.63, 3.8) is 0 Å². The summed E-state index contributed by atoms with van der Waals surface area (Å²) < 4.78 is 1.66. The summed E-state index contributed by atoms with van der Waals surface area (Å²) in [6.45, 7) is 2.85. The van der Waals surface area contributed by atoms with Crippen LogP contribution in [0.2, 0.25) is 0 Å². The number of amides is 1. The molecule has 0 saturated carbocycles. The van der Waals surface area contributed by atoms with Crippen LogP contribution < -0.4 is 10.6 Å². The molecular weight excluding hydrogens is 308 g/mol. The van der Waals surface area contributed by atoms with E-state index in [1.807, 2.05) is 31.3 Å². The number of hydrogen-bond donors (Lipinski definition) is 2. The molecule has 0 aromatic carbocycles. The van der Waals surface area contributed by atoms with Crippen molar-refractivity contribution < 1.29 is 4.79 Å². The minimum absolute atomic E-state index is 0.264. The van der Waals surface area contributed by atoms with Crippen LogP contribution in [0.25, 0.3) is 5.82 Å². The van der Waals surface area contributed by atoms with Crippen LogP contribution >= 0.6 is 0 Å². The second-order valence-corrected chi connectivity index (χ2v) is 4.95. The summed E-state index contributed by atoms with van der Waals surface area (Å²) >= 11 is 0. The zero-order valence-corrected chi connectivity index (χ0v) is 13.0. The van der Waals surface area contributed by atoms with Gasteiger partial charge in [-0.25, -0.2) is 9.67 Å². The summed E-state index contributed by atoms with van der Waals surface area (Å²) in [5.74, 6) is 1.00. The molecule has 0 aliphatic carbocycles. The van der Waals surface area contributed by atoms with Gasteiger partial charge in [0.2, 0.25) is 0 Å². The lowest BCUT2D eigenvalue weighted by atomic mass is 10.4. The number of hydrogen-bond acceptors (Lipinski definition) is 7. The first-order valence-electron chi connectivity index (χ1n) is 7.37. The molecule has 3 rings (SSSR count). The molecular formula is C15H16N8O. The van der Waals surface area contributed by atoms with Crippen LogP contribution in [-0.4, -0.2) is 48.9 Å². The average Bonchev–Trinajstić information content (AvgIpc) is 3.06. The number of aromatic nitrogens is 6. The zero-order valence-electron chi connectivity index (χ0n) is 13.0. The summed E-state index contributed by atoms with van der Waals surface area (Å²) in [4.78, 5) is 19.6. The fourth-order valence-electron chi connectivity index (χ4n) is 1.96. The van der Waals surface area contributed by atoms with Gasteiger partial charge in [-0.05, 0) is 25.1 Å². The third-order valence-corrected chi connectivity index (χ3v) is 3.12. The van der Waals surface area contributed by atoms with Crippen molar-refractivity contribution in [2.75, 3.05) is 18.4 Å². The number of anilines is 1. The van der Waals surface area contributed by atoms with Crippen LogP contribution in [0.3, 0.4) is 0 Å². The molecule has 3 aromatic heterocycles. The summed E-state index contributed by atoms with van der Waals surface area (Å²) in [6.07, 6.45) is 6.25. The number of nitrogens with zero attached hydrogens (tertiary/aromatic N) is 6. The Morgan fingerprint density at radius 3 is 2.75 bits per heavy atom. The van der Waals surface area contributed by atoms with Gasteiger partial charge in [0, 0.05) is 31.7 Å². The number of nitrogens with one attached hydrogen (secondary N) is 2. The van der Waals surface area contributed by atoms with Crippen LogP contribution in [0, 0.1) is 6.92 Å². The molecule has 1 amide bonds. The van der Waals surface area contributed by atoms with Crippen LogP contribution in [-0.2, 0) is 0 Å². The molecule has 24 heavy (non-hydrogen) atoms. The van der Waals surface area contributed by atoms with Crippen LogP contribution in [0.4, 0.5) is 5.82 Å². The Bertz CT molecular complexity index is 800. The molecule has 0 bridgehead atoms. The van der Waals surface area contributed by atoms with Gasteiger partial charge in [-0.1, -0.05) is 0 Å². The third kappa shape index (κ3) is 3.88. The number of rotatable bonds is 6. The highest BCUT2D eigenvalue weighted by Gasteiger charge is 2.05. The molecule has 9 nitrogen and oxygen atoms in total. The highest BCUT2D eigenvalue weighted by Crippen LogP contribution is 2.06. The first-order chi connectivity index (χ1) is 11.7. The molecule has 0 aliphatic heterocycles. The van der Waals surface area contributed by atoms with Crippen molar-refractivity contribution in [2.24, 2.45) is 0 Å². The number of carbonyl (C=O) groups is 1. The van der Waals surface area contributed by atoms with E-state index in [9.17, 15) is 4.79 Å². The largest absolute Gasteiger partial charge is 0.367 e. The third-order valence-electron chi connectivity index (χ3n) is 3.12. The van der Waals surface area contributed by atoms with Crippen molar-refractivity contribution in [2.45, 2.75) is 6.92 Å². The topological polar surface area (TPSA) is 111 Å². The van der Waals surface area contributed by atoms with E-state index in [0.717, 1.165) is 5.69 Å². The van der Waals surface area contributed by atoms with E-state index < -0.39 is 0 Å². The van der Waals surface area contributed by atoms with Crippen molar-refractivity contribution in [3.05, 3.63) is 54.4 Å². The Labute approximate surface area is 138 Å². The lowest BCUT2D eigenvalue weighted by molar-refractivity contribution is 0.0950. The monoisotopic (exact) mass is 324 g/mol. The van der Waals surface area contributed by atoms with E-state index in [4.69, 9.17) is 0 Å². The molecule has 3 aromatic rings. The molecule has 0 fully saturated rings. The van der Waals surface area contributed by atoms with E-state index in [2.05, 4.69) is 35.9 Å². The maximum Gasteiger partial charge on any atom is 0.271 e. The van der Waals surface area contributed by atoms with Crippen molar-refractivity contribution in [1.82, 2.24) is 35.3 Å². The fourth-order valence-corrected chi connectivity index (χ4v) is 1.96. The molecule has 0 aliphatic rings. The Morgan fingerprint density at radius 2 is 2.08 bits per heavy atom. The standard InChI is InChI=1S/C15H16N8O/c1-11-4-9-23(22-11)14-3-2-13(20-21-14)18-7-8-19-15(24)12-10-16-5-6-17-12/h2-6,9-10H,7-8H2,1H3,(H,18,20)(H,19,24). The van der Waals surface area contributed by atoms with Gasteiger partial charge in [0.15, 0.2) is 5.82 Å². The van der Waals surface area contributed by atoms with Gasteiger partial charge in [0.05, 0.1) is 11.9 Å². The molecule has 0 saturated heterocycles. The second-order valence-electron chi connectivity index (χ2n) is 4.95. The molecule has 0 spiro atoms. The van der Waals surface area contributed by atoms with Gasteiger partial charge in [-0.3, -0.25) is 9.78 Å². The van der Waals surface area contributed by atoms with Crippen molar-refractivity contribution >= 4 is 11.7 Å². The SMILES string of the molecule is Cc1ccn(-c2ccc(NCCNC(=O)c3cnccn3)nn2)n1. The summed E-state index contributed by atoms with van der Waals surface area (Å²) in [5, 5.41) is 18.3. The van der Waals surface area contributed by atoms with E-state index in [0.29, 0.717) is 24.7 Å². The first kappa shape index (κ1) is 15.5. The van der Waals surface area contributed by atoms with Crippen molar-refractivity contribution in [1.29, 1.82) is 0 Å². The van der Waals surface area contributed by atoms with E-state index in [1.54, 1.807) is 4.68 Å². The Kier molecular flexibility index (Phi) is 4.70. The Morgan fingerprint density at radius 1 is 1.17 bits per heavy atom. The summed E-state index contributed by atoms with van der Waals surface area (Å²) in [7, 11) is 0. The van der Waals surface area contributed by atoms with Crippen LogP contribution in [0.1, 0.15) is 16.2 Å². The molecule has 3 heterocycles. The highest BCUT2D eigenvalue weighted by molar-refractivity contribution is 5.91. The fraction of sp³-hybridized carbons (Fsp3) is 0.200. The minimum Gasteiger partial charge on any atom is -0.367 e. The summed E-state index contributed by atoms with van der Waals surface area (Å²) in [5.41, 5.74) is 1.20. The Balaban J connectivity index is 1.46. The van der Waals surface area contributed by atoms with E-state index in [1.165, 1.54) is 18.6 Å². The smallest absolute Gasteiger partial charge is 0.271 e. The van der Waals surface area contributed by atoms with Gasteiger partial charge in [-0.15, -0.1) is 10.2 Å². The van der Waals surface area contributed by atoms with Crippen LogP contribution in [0.15, 0.2) is 43.0 Å². The molecule has 122 valence electrons. The van der Waals surface area contributed by atoms with Gasteiger partial charge >= 0.3 is 0 Å². The minimum atomic E-state index is -0.264. The van der Waals surface area contributed by atoms with Gasteiger partial charge in [0.1, 0.15) is 11.5 Å². The molecule has 0 unspecified atom stereocenters. The molecule has 0 radical (unpaired) electrons. The normalized spacial score (nSPS) is 10.4. The van der Waals surface area contributed by atoms with E-state index >= 15 is 0 Å². The van der Waals surface area contributed by atoms with E-state index in [-0.39, 0.29) is 11.6 Å². The average molecular weight is 324 g/mol. The molecule has 9 heteroatoms. The first-order valence-corrected chi connectivity index (χ1v) is 7.37. The predicted octanol–water partition coefficient (Wildman–Crippen LogP) is 0.603. The zero-order chi connectivity index (χ0) is 16.8. The second kappa shape index (κ2) is 7.27. The highest BCUT2D eigenvalue weighted by atomic mass is 16.1. The van der Waals surface area contributed by atoms with Crippen LogP contribution in [0.5, 0.6) is 0 Å². The maximum absolute atomic E-state index is 11.8. The van der Waals surface area contributed by atoms with Crippen molar-refractivity contribution in [3.8, 4) is 5.82 Å². The lowest BCUT2D eigenvalue weighted by Crippen LogP contribution is -2.29. The molecule has 2 N–H and O–H groups in total. The quantitative estimate of drug-likeness (QED) is 0.639. The lowest BCUT2D eigenvalue weighted by Gasteiger charge is -2.07. The Hall–Kier alpha value is -3.36. The van der Waals surface area contributed by atoms with Gasteiger partial charge in [-0.2, -0.15) is 5.10 Å². The maximum atomic E-state index is 11.8. The predicted molar refractivity (Wildman–Crippen MR) is 86.7 cm³/mol. The summed E-state index contributed by atoms with van der Waals surface area (Å²) in [6, 6.07) is 5.53. The molecule has 0 atom stereocenters. The number of carbonyl (C=O) groups excluding carboxylic acids is 1. The van der Waals surface area contributed by atoms with Gasteiger partial charge < -0.3 is 10.6 Å². The van der Waals surface area contributed by atoms with Gasteiger partial charge in [0.25, 0.3) is 5.91 Å². The number of aryl methyl sites for hydroxylation is 1.